The number of hydrogen-bond acceptors (Lipinski definition) is 4. The van der Waals surface area contributed by atoms with Gasteiger partial charge in [0.05, 0.1) is 25.5 Å². The summed E-state index contributed by atoms with van der Waals surface area (Å²) in [6.45, 7) is 0. The van der Waals surface area contributed by atoms with Crippen LogP contribution in [0.4, 0.5) is 0 Å². The molecule has 3 nitrogen and oxygen atoms in total. The zero-order valence-electron chi connectivity index (χ0n) is 8.11. The highest BCUT2D eigenvalue weighted by Gasteiger charge is 2.11. The van der Waals surface area contributed by atoms with E-state index in [1.54, 1.807) is 25.3 Å². The first-order valence-corrected chi connectivity index (χ1v) is 4.72. The Morgan fingerprint density at radius 1 is 1.36 bits per heavy atom. The van der Waals surface area contributed by atoms with Crippen molar-refractivity contribution in [3.8, 4) is 11.5 Å². The minimum absolute atomic E-state index is 0.0796. The summed E-state index contributed by atoms with van der Waals surface area (Å²) in [4.78, 5) is 11.4. The molecule has 4 heteroatoms. The van der Waals surface area contributed by atoms with Crippen molar-refractivity contribution < 1.29 is 14.3 Å². The van der Waals surface area contributed by atoms with Crippen molar-refractivity contribution in [3.05, 3.63) is 23.8 Å². The molecule has 0 aliphatic carbocycles. The fourth-order valence-electron chi connectivity index (χ4n) is 1.12. The van der Waals surface area contributed by atoms with Crippen LogP contribution in [0, 0.1) is 0 Å². The van der Waals surface area contributed by atoms with E-state index in [2.05, 4.69) is 12.6 Å². The molecule has 0 unspecified atom stereocenters. The van der Waals surface area contributed by atoms with Crippen molar-refractivity contribution in [2.24, 2.45) is 0 Å². The monoisotopic (exact) mass is 212 g/mol. The van der Waals surface area contributed by atoms with Crippen LogP contribution in [0.5, 0.6) is 11.5 Å². The van der Waals surface area contributed by atoms with Crippen molar-refractivity contribution in [2.75, 3.05) is 20.0 Å². The maximum atomic E-state index is 11.4. The topological polar surface area (TPSA) is 35.5 Å². The van der Waals surface area contributed by atoms with Gasteiger partial charge in [-0.25, -0.2) is 0 Å². The number of ether oxygens (including phenoxy) is 2. The predicted molar refractivity (Wildman–Crippen MR) is 57.7 cm³/mol. The van der Waals surface area contributed by atoms with Gasteiger partial charge in [0.1, 0.15) is 11.5 Å². The lowest BCUT2D eigenvalue weighted by molar-refractivity contribution is 0.101. The largest absolute Gasteiger partial charge is 0.497 e. The third-order valence-electron chi connectivity index (χ3n) is 1.85. The Morgan fingerprint density at radius 3 is 2.57 bits per heavy atom. The van der Waals surface area contributed by atoms with Gasteiger partial charge < -0.3 is 9.47 Å². The van der Waals surface area contributed by atoms with Gasteiger partial charge in [-0.05, 0) is 18.2 Å². The van der Waals surface area contributed by atoms with Gasteiger partial charge in [0.2, 0.25) is 0 Å². The Balaban J connectivity index is 3.14. The number of ketones is 1. The van der Waals surface area contributed by atoms with Crippen LogP contribution in [0.15, 0.2) is 18.2 Å². The fraction of sp³-hybridized carbons (Fsp3) is 0.300. The summed E-state index contributed by atoms with van der Waals surface area (Å²) in [6.07, 6.45) is 0. The number of carbonyl (C=O) groups is 1. The molecule has 0 radical (unpaired) electrons. The Morgan fingerprint density at radius 2 is 2.07 bits per heavy atom. The number of methoxy groups -OCH3 is 2. The van der Waals surface area contributed by atoms with E-state index < -0.39 is 0 Å². The molecule has 0 heterocycles. The van der Waals surface area contributed by atoms with Crippen LogP contribution >= 0.6 is 12.6 Å². The first-order chi connectivity index (χ1) is 6.72. The standard InChI is InChI=1S/C10H12O3S/c1-12-7-3-4-10(13-2)8(5-7)9(11)6-14/h3-5,14H,6H2,1-2H3. The quantitative estimate of drug-likeness (QED) is 0.610. The molecule has 0 spiro atoms. The van der Waals surface area contributed by atoms with E-state index in [0.29, 0.717) is 17.1 Å². The van der Waals surface area contributed by atoms with Crippen molar-refractivity contribution >= 4 is 18.4 Å². The molecule has 0 saturated carbocycles. The average molecular weight is 212 g/mol. The SMILES string of the molecule is COc1ccc(OC)c(C(=O)CS)c1. The summed E-state index contributed by atoms with van der Waals surface area (Å²) in [5, 5.41) is 0. The summed E-state index contributed by atoms with van der Waals surface area (Å²) in [5.74, 6) is 1.26. The molecule has 0 aromatic heterocycles. The normalized spacial score (nSPS) is 9.64. The molecule has 0 N–H and O–H groups in total. The van der Waals surface area contributed by atoms with Gasteiger partial charge in [-0.1, -0.05) is 0 Å². The molecule has 14 heavy (non-hydrogen) atoms. The molecule has 1 aromatic rings. The van der Waals surface area contributed by atoms with E-state index >= 15 is 0 Å². The Labute approximate surface area is 88.4 Å². The second kappa shape index (κ2) is 4.91. The number of benzene rings is 1. The second-order valence-corrected chi connectivity index (χ2v) is 2.96. The molecule has 0 bridgehead atoms. The summed E-state index contributed by atoms with van der Waals surface area (Å²) in [5.41, 5.74) is 0.502. The minimum Gasteiger partial charge on any atom is -0.497 e. The number of carbonyl (C=O) groups excluding carboxylic acids is 1. The molecule has 0 atom stereocenters. The first-order valence-electron chi connectivity index (χ1n) is 4.09. The maximum absolute atomic E-state index is 11.4. The molecule has 0 fully saturated rings. The van der Waals surface area contributed by atoms with Crippen LogP contribution in [-0.2, 0) is 0 Å². The highest BCUT2D eigenvalue weighted by Crippen LogP contribution is 2.24. The van der Waals surface area contributed by atoms with Crippen LogP contribution in [0.25, 0.3) is 0 Å². The Kier molecular flexibility index (Phi) is 3.83. The summed E-state index contributed by atoms with van der Waals surface area (Å²) in [7, 11) is 3.08. The highest BCUT2D eigenvalue weighted by atomic mass is 32.1. The number of rotatable bonds is 4. The Bertz CT molecular complexity index is 336. The second-order valence-electron chi connectivity index (χ2n) is 2.65. The minimum atomic E-state index is -0.0796. The van der Waals surface area contributed by atoms with Gasteiger partial charge in [-0.2, -0.15) is 12.6 Å². The first kappa shape index (κ1) is 10.9. The number of Topliss-reactive ketones (excluding diaryl/α,β-unsaturated/α-hetero) is 1. The lowest BCUT2D eigenvalue weighted by Gasteiger charge is -2.08. The summed E-state index contributed by atoms with van der Waals surface area (Å²) >= 11 is 3.93. The lowest BCUT2D eigenvalue weighted by Crippen LogP contribution is -2.03. The predicted octanol–water partition coefficient (Wildman–Crippen LogP) is 1.82. The van der Waals surface area contributed by atoms with Crippen molar-refractivity contribution in [1.82, 2.24) is 0 Å². The van der Waals surface area contributed by atoms with Crippen LogP contribution in [0.3, 0.4) is 0 Å². The molecule has 0 saturated heterocycles. The summed E-state index contributed by atoms with van der Waals surface area (Å²) in [6, 6.07) is 5.10. The number of hydrogen-bond donors (Lipinski definition) is 1. The van der Waals surface area contributed by atoms with E-state index in [0.717, 1.165) is 0 Å². The van der Waals surface area contributed by atoms with E-state index in [9.17, 15) is 4.79 Å². The van der Waals surface area contributed by atoms with E-state index in [4.69, 9.17) is 9.47 Å². The van der Waals surface area contributed by atoms with Gasteiger partial charge >= 0.3 is 0 Å². The molecule has 1 rings (SSSR count). The van der Waals surface area contributed by atoms with Crippen molar-refractivity contribution in [2.45, 2.75) is 0 Å². The zero-order chi connectivity index (χ0) is 10.6. The molecule has 0 aliphatic heterocycles. The van der Waals surface area contributed by atoms with Crippen LogP contribution < -0.4 is 9.47 Å². The average Bonchev–Trinajstić information content (AvgIpc) is 2.27. The lowest BCUT2D eigenvalue weighted by atomic mass is 10.1. The van der Waals surface area contributed by atoms with Gasteiger partial charge in [0, 0.05) is 0 Å². The van der Waals surface area contributed by atoms with Crippen LogP contribution in [0.1, 0.15) is 10.4 Å². The highest BCUT2D eigenvalue weighted by molar-refractivity contribution is 7.81. The molecular weight excluding hydrogens is 200 g/mol. The van der Waals surface area contributed by atoms with Gasteiger partial charge in [0.25, 0.3) is 0 Å². The molecule has 0 aliphatic rings. The fourth-order valence-corrected chi connectivity index (χ4v) is 1.29. The third kappa shape index (κ3) is 2.20. The smallest absolute Gasteiger partial charge is 0.176 e. The van der Waals surface area contributed by atoms with Crippen LogP contribution in [0.2, 0.25) is 0 Å². The van der Waals surface area contributed by atoms with Gasteiger partial charge in [0.15, 0.2) is 5.78 Å². The Hall–Kier alpha value is -1.16. The van der Waals surface area contributed by atoms with Gasteiger partial charge in [-0.15, -0.1) is 0 Å². The molecular formula is C10H12O3S. The van der Waals surface area contributed by atoms with Gasteiger partial charge in [-0.3, -0.25) is 4.79 Å². The molecule has 76 valence electrons. The molecule has 1 aromatic carbocycles. The van der Waals surface area contributed by atoms with E-state index in [-0.39, 0.29) is 11.5 Å². The van der Waals surface area contributed by atoms with Crippen molar-refractivity contribution in [1.29, 1.82) is 0 Å². The summed E-state index contributed by atoms with van der Waals surface area (Å²) < 4.78 is 10.1. The zero-order valence-corrected chi connectivity index (χ0v) is 9.01. The van der Waals surface area contributed by atoms with Crippen LogP contribution in [-0.4, -0.2) is 25.8 Å². The maximum Gasteiger partial charge on any atom is 0.176 e. The van der Waals surface area contributed by atoms with E-state index in [1.165, 1.54) is 7.11 Å². The van der Waals surface area contributed by atoms with Crippen molar-refractivity contribution in [3.63, 3.8) is 0 Å². The number of thiol groups is 1. The molecule has 0 amide bonds. The third-order valence-corrected chi connectivity index (χ3v) is 2.14. The van der Waals surface area contributed by atoms with E-state index in [1.807, 2.05) is 0 Å².